The number of aromatic amines is 2. The van der Waals surface area contributed by atoms with Crippen molar-refractivity contribution in [2.45, 2.75) is 34.1 Å². The lowest BCUT2D eigenvalue weighted by Crippen LogP contribution is -2.03. The fourth-order valence-electron chi connectivity index (χ4n) is 2.55. The number of hydrogen-bond donors (Lipinski definition) is 4. The number of esters is 2. The Balaban J connectivity index is 0.000000246. The zero-order valence-corrected chi connectivity index (χ0v) is 19.3. The molecule has 0 aliphatic carbocycles. The van der Waals surface area contributed by atoms with Gasteiger partial charge in [0, 0.05) is 43.7 Å². The number of ketones is 1. The third-order valence-corrected chi connectivity index (χ3v) is 3.71. The second-order valence-electron chi connectivity index (χ2n) is 6.99. The predicted octanol–water partition coefficient (Wildman–Crippen LogP) is 3.03. The largest absolute Gasteiger partial charge is 0.481 e. The minimum Gasteiger partial charge on any atom is -0.481 e. The van der Waals surface area contributed by atoms with Crippen LogP contribution in [0.15, 0.2) is 48.8 Å². The van der Waals surface area contributed by atoms with Crippen molar-refractivity contribution in [2.24, 2.45) is 0 Å². The number of Topliss-reactive ketones (excluding diaryl/α,β-unsaturated/α-hetero) is 1. The van der Waals surface area contributed by atoms with E-state index in [0.717, 1.165) is 40.0 Å². The number of nitrogen functional groups attached to an aromatic ring is 1. The van der Waals surface area contributed by atoms with Gasteiger partial charge in [-0.1, -0.05) is 6.07 Å². The van der Waals surface area contributed by atoms with Crippen molar-refractivity contribution in [3.63, 3.8) is 0 Å². The summed E-state index contributed by atoms with van der Waals surface area (Å²) in [5.74, 6) is -1.78. The molecule has 5 N–H and O–H groups in total. The number of carbonyl (C=O) groups is 4. The summed E-state index contributed by atoms with van der Waals surface area (Å²) in [4.78, 5) is 39.5. The summed E-state index contributed by atoms with van der Waals surface area (Å²) in [6, 6.07) is 11.5. The van der Waals surface area contributed by atoms with Gasteiger partial charge in [0.05, 0.1) is 23.4 Å². The van der Waals surface area contributed by atoms with E-state index in [4.69, 9.17) is 15.6 Å². The number of carboxylic acids is 1. The first-order valence-corrected chi connectivity index (χ1v) is 9.96. The van der Waals surface area contributed by atoms with Gasteiger partial charge < -0.3 is 15.6 Å². The van der Waals surface area contributed by atoms with E-state index in [1.165, 1.54) is 13.8 Å². The summed E-state index contributed by atoms with van der Waals surface area (Å²) in [6.45, 7) is 5.04. The maximum absolute atomic E-state index is 10.9. The number of ether oxygens (including phenoxy) is 1. The smallest absolute Gasteiger partial charge is 0.310 e. The monoisotopic (exact) mass is 469 g/mol. The number of hydrogen-bond acceptors (Lipinski definition) is 8. The van der Waals surface area contributed by atoms with Crippen LogP contribution in [0.25, 0.3) is 21.8 Å². The van der Waals surface area contributed by atoms with Crippen molar-refractivity contribution < 1.29 is 29.0 Å². The number of H-pyrrole nitrogens is 2. The Morgan fingerprint density at radius 1 is 0.853 bits per heavy atom. The molecule has 2 aromatic carbocycles. The molecule has 11 heteroatoms. The Kier molecular flexibility index (Phi) is 11.1. The number of nitrogens with zero attached hydrogens (tertiary/aromatic N) is 2. The molecule has 0 fully saturated rings. The van der Waals surface area contributed by atoms with E-state index >= 15 is 0 Å². The maximum Gasteiger partial charge on any atom is 0.310 e. The summed E-state index contributed by atoms with van der Waals surface area (Å²) >= 11 is 0. The molecule has 0 radical (unpaired) electrons. The average molecular weight is 469 g/mol. The van der Waals surface area contributed by atoms with Crippen LogP contribution in [-0.4, -0.2) is 49.2 Å². The molecule has 11 nitrogen and oxygen atoms in total. The number of benzene rings is 2. The summed E-state index contributed by atoms with van der Waals surface area (Å²) < 4.78 is 3.97. The first kappa shape index (κ1) is 27.5. The normalized spacial score (nSPS) is 9.41. The number of aliphatic carboxylic acids is 1. The highest BCUT2D eigenvalue weighted by atomic mass is 16.6. The molecule has 34 heavy (non-hydrogen) atoms. The molecule has 0 aliphatic rings. The highest BCUT2D eigenvalue weighted by Gasteiger charge is 2.00. The molecule has 0 aliphatic heterocycles. The van der Waals surface area contributed by atoms with Gasteiger partial charge in [0.15, 0.2) is 0 Å². The lowest BCUT2D eigenvalue weighted by molar-refractivity contribution is -0.156. The van der Waals surface area contributed by atoms with E-state index in [-0.39, 0.29) is 5.78 Å². The highest BCUT2D eigenvalue weighted by molar-refractivity contribution is 5.83. The molecule has 4 rings (SSSR count). The molecule has 2 heterocycles. The second kappa shape index (κ2) is 13.8. The quantitative estimate of drug-likeness (QED) is 0.195. The number of fused-ring (bicyclic) bond motifs is 2. The van der Waals surface area contributed by atoms with E-state index in [9.17, 15) is 14.4 Å². The van der Waals surface area contributed by atoms with E-state index in [1.54, 1.807) is 19.3 Å². The summed E-state index contributed by atoms with van der Waals surface area (Å²) in [5.41, 5.74) is 9.39. The second-order valence-corrected chi connectivity index (χ2v) is 6.99. The Hall–Kier alpha value is -4.54. The van der Waals surface area contributed by atoms with Crippen LogP contribution in [0.3, 0.4) is 0 Å². The van der Waals surface area contributed by atoms with Crippen LogP contribution in [0.4, 0.5) is 5.69 Å². The number of aromatic nitrogens is 4. The fourth-order valence-corrected chi connectivity index (χ4v) is 2.55. The maximum atomic E-state index is 10.9. The fraction of sp³-hybridized carbons (Fsp3) is 0.217. The zero-order valence-electron chi connectivity index (χ0n) is 19.3. The van der Waals surface area contributed by atoms with Gasteiger partial charge in [0.25, 0.3) is 5.97 Å². The van der Waals surface area contributed by atoms with Crippen molar-refractivity contribution in [1.29, 1.82) is 0 Å². The topological polar surface area (TPSA) is 181 Å². The summed E-state index contributed by atoms with van der Waals surface area (Å²) in [5, 5.41) is 23.0. The lowest BCUT2D eigenvalue weighted by atomic mass is 10.1. The van der Waals surface area contributed by atoms with E-state index in [0.29, 0.717) is 6.42 Å². The molecular formula is C23H27N5O6. The molecule has 0 saturated heterocycles. The number of anilines is 1. The van der Waals surface area contributed by atoms with Crippen LogP contribution >= 0.6 is 0 Å². The van der Waals surface area contributed by atoms with Crippen molar-refractivity contribution >= 4 is 51.2 Å². The Morgan fingerprint density at radius 3 is 1.76 bits per heavy atom. The number of rotatable bonds is 2. The molecule has 2 aromatic heterocycles. The molecule has 0 spiro atoms. The summed E-state index contributed by atoms with van der Waals surface area (Å²) in [6.07, 6.45) is 4.02. The first-order chi connectivity index (χ1) is 16.0. The molecule has 0 amide bonds. The summed E-state index contributed by atoms with van der Waals surface area (Å²) in [7, 11) is 0. The molecular weight excluding hydrogens is 442 g/mol. The molecule has 180 valence electrons. The van der Waals surface area contributed by atoms with Gasteiger partial charge in [-0.05, 0) is 42.8 Å². The van der Waals surface area contributed by atoms with Crippen LogP contribution in [0.5, 0.6) is 0 Å². The van der Waals surface area contributed by atoms with Crippen molar-refractivity contribution in [2.75, 3.05) is 5.73 Å². The van der Waals surface area contributed by atoms with Crippen LogP contribution in [-0.2, 0) is 30.3 Å². The lowest BCUT2D eigenvalue weighted by Gasteiger charge is -1.96. The van der Waals surface area contributed by atoms with E-state index < -0.39 is 17.9 Å². The van der Waals surface area contributed by atoms with Crippen LogP contribution < -0.4 is 5.73 Å². The number of nitrogens with two attached hydrogens (primary N) is 1. The Morgan fingerprint density at radius 2 is 1.32 bits per heavy atom. The average Bonchev–Trinajstić information content (AvgIpc) is 3.35. The van der Waals surface area contributed by atoms with Gasteiger partial charge in [0.1, 0.15) is 5.78 Å². The predicted molar refractivity (Wildman–Crippen MR) is 127 cm³/mol. The Bertz CT molecular complexity index is 1240. The molecule has 0 unspecified atom stereocenters. The van der Waals surface area contributed by atoms with E-state index in [1.807, 2.05) is 36.4 Å². The standard InChI is InChI=1S/C10H10N2O.C7H7N3.C4H6O3.C2H4O2/c1-7(13)4-8-2-3-10-9(5-8)6-11-12-10;8-6-1-2-7-5(3-6)4-9-10-7;1-3(5)7-4(2)6;1-2(3)4/h2-3,5-6H,4H2,1H3,(H,11,12);1-4H,8H2,(H,9,10);1-2H3;1H3,(H,3,4). The minimum absolute atomic E-state index is 0.183. The molecule has 4 aromatic rings. The first-order valence-electron chi connectivity index (χ1n) is 9.96. The van der Waals surface area contributed by atoms with Gasteiger partial charge in [-0.15, -0.1) is 0 Å². The van der Waals surface area contributed by atoms with Gasteiger partial charge in [0.2, 0.25) is 0 Å². The molecule has 0 saturated carbocycles. The highest BCUT2D eigenvalue weighted by Crippen LogP contribution is 2.14. The van der Waals surface area contributed by atoms with Crippen molar-refractivity contribution in [1.82, 2.24) is 20.4 Å². The molecule has 0 atom stereocenters. The van der Waals surface area contributed by atoms with Gasteiger partial charge >= 0.3 is 11.9 Å². The SMILES string of the molecule is CC(=O)Cc1ccc2[nH]ncc2c1.CC(=O)O.CC(=O)OC(C)=O.Nc1ccc2[nH]ncc2c1. The zero-order chi connectivity index (χ0) is 25.7. The third-order valence-electron chi connectivity index (χ3n) is 3.71. The Labute approximate surface area is 195 Å². The van der Waals surface area contributed by atoms with Crippen molar-refractivity contribution in [3.05, 3.63) is 54.4 Å². The minimum atomic E-state index is -0.833. The number of carboxylic acid groups (broad SMARTS) is 1. The van der Waals surface area contributed by atoms with Crippen molar-refractivity contribution in [3.8, 4) is 0 Å². The third kappa shape index (κ3) is 11.2. The molecule has 0 bridgehead atoms. The number of nitrogens with one attached hydrogen (secondary N) is 2. The van der Waals surface area contributed by atoms with Gasteiger partial charge in [-0.25, -0.2) is 0 Å². The van der Waals surface area contributed by atoms with Gasteiger partial charge in [-0.2, -0.15) is 10.2 Å². The van der Waals surface area contributed by atoms with Crippen LogP contribution in [0.2, 0.25) is 0 Å². The number of carbonyl (C=O) groups excluding carboxylic acids is 3. The van der Waals surface area contributed by atoms with Crippen LogP contribution in [0, 0.1) is 0 Å². The van der Waals surface area contributed by atoms with Crippen LogP contribution in [0.1, 0.15) is 33.3 Å². The van der Waals surface area contributed by atoms with E-state index in [2.05, 4.69) is 25.1 Å². The van der Waals surface area contributed by atoms with Gasteiger partial charge in [-0.3, -0.25) is 29.4 Å².